The van der Waals surface area contributed by atoms with Crippen LogP contribution < -0.4 is 14.4 Å². The number of alkyl halides is 1. The number of benzene rings is 2. The lowest BCUT2D eigenvalue weighted by Crippen LogP contribution is -2.60. The van der Waals surface area contributed by atoms with Gasteiger partial charge in [-0.3, -0.25) is 4.79 Å². The quantitative estimate of drug-likeness (QED) is 0.426. The summed E-state index contributed by atoms with van der Waals surface area (Å²) in [7, 11) is -3.89. The number of ether oxygens (including phenoxy) is 2. The van der Waals surface area contributed by atoms with Gasteiger partial charge < -0.3 is 19.5 Å². The fraction of sp³-hybridized carbons (Fsp3) is 0.594. The number of hydrogen-bond donors (Lipinski definition) is 2. The standard InChI is InChI=1S/C32H39ClN2O6S/c33-32-13-10-24(32)19-35-20-30(11-3-6-22-5-1-2-7-25(22)30)21-41-27-9-8-23(17-26(27)35)29(36)34-42(38,39)16-4-12-31(37)14-15-40-28(32)18-31/h1-2,5,7-9,17,24,28,37H,3-4,6,10-16,18-21H2,(H,34,36)/t24-,28+,30+,31+,32-/m1/s1. The number of amides is 1. The van der Waals surface area contributed by atoms with Crippen molar-refractivity contribution in [3.63, 3.8) is 0 Å². The van der Waals surface area contributed by atoms with Gasteiger partial charge >= 0.3 is 0 Å². The molecule has 3 aliphatic heterocycles. The summed E-state index contributed by atoms with van der Waals surface area (Å²) >= 11 is 7.44. The zero-order valence-corrected chi connectivity index (χ0v) is 25.4. The topological polar surface area (TPSA) is 105 Å². The lowest BCUT2D eigenvalue weighted by Gasteiger charge is -2.54. The number of carbonyl (C=O) groups excluding carboxylic acids is 1. The van der Waals surface area contributed by atoms with Crippen molar-refractivity contribution in [3.05, 3.63) is 59.2 Å². The second-order valence-corrected chi connectivity index (χ2v) is 15.7. The number of carbonyl (C=O) groups is 1. The van der Waals surface area contributed by atoms with Crippen LogP contribution in [0.15, 0.2) is 42.5 Å². The van der Waals surface area contributed by atoms with Crippen molar-refractivity contribution in [1.82, 2.24) is 4.72 Å². The second kappa shape index (κ2) is 10.4. The van der Waals surface area contributed by atoms with Crippen LogP contribution in [0.5, 0.6) is 5.75 Å². The molecule has 2 aliphatic carbocycles. The Kier molecular flexibility index (Phi) is 7.04. The molecular formula is C32H39ClN2O6S. The minimum Gasteiger partial charge on any atom is -0.490 e. The van der Waals surface area contributed by atoms with Crippen LogP contribution in [-0.4, -0.2) is 68.1 Å². The number of nitrogens with one attached hydrogen (secondary N) is 1. The third-order valence-electron chi connectivity index (χ3n) is 10.5. The smallest absolute Gasteiger partial charge is 0.264 e. The first kappa shape index (κ1) is 28.4. The van der Waals surface area contributed by atoms with Gasteiger partial charge in [0.15, 0.2) is 0 Å². The van der Waals surface area contributed by atoms with Gasteiger partial charge in [-0.15, -0.1) is 11.6 Å². The highest BCUT2D eigenvalue weighted by Gasteiger charge is 2.55. The van der Waals surface area contributed by atoms with Crippen molar-refractivity contribution >= 4 is 33.2 Å². The molecule has 2 fully saturated rings. The average Bonchev–Trinajstić information content (AvgIpc) is 3.11. The lowest BCUT2D eigenvalue weighted by molar-refractivity contribution is -0.136. The molecule has 8 nitrogen and oxygen atoms in total. The molecule has 2 aromatic carbocycles. The van der Waals surface area contributed by atoms with E-state index in [1.54, 1.807) is 18.2 Å². The van der Waals surface area contributed by atoms with Gasteiger partial charge in [-0.25, -0.2) is 13.1 Å². The van der Waals surface area contributed by atoms with E-state index in [0.29, 0.717) is 51.3 Å². The van der Waals surface area contributed by atoms with E-state index in [1.165, 1.54) is 11.1 Å². The van der Waals surface area contributed by atoms with Gasteiger partial charge in [0.05, 0.1) is 34.6 Å². The fourth-order valence-electron chi connectivity index (χ4n) is 8.06. The Morgan fingerprint density at radius 3 is 2.76 bits per heavy atom. The maximum absolute atomic E-state index is 13.2. The van der Waals surface area contributed by atoms with E-state index in [-0.39, 0.29) is 35.2 Å². The maximum Gasteiger partial charge on any atom is 0.264 e. The van der Waals surface area contributed by atoms with Gasteiger partial charge in [0, 0.05) is 37.1 Å². The summed E-state index contributed by atoms with van der Waals surface area (Å²) in [5.74, 6) is -0.118. The Labute approximate surface area is 252 Å². The molecule has 0 radical (unpaired) electrons. The van der Waals surface area contributed by atoms with Gasteiger partial charge in [-0.2, -0.15) is 0 Å². The van der Waals surface area contributed by atoms with Crippen LogP contribution >= 0.6 is 11.6 Å². The third kappa shape index (κ3) is 5.00. The van der Waals surface area contributed by atoms with Crippen LogP contribution in [-0.2, 0) is 26.6 Å². The van der Waals surface area contributed by atoms with E-state index >= 15 is 0 Å². The average molecular weight is 615 g/mol. The predicted octanol–water partition coefficient (Wildman–Crippen LogP) is 4.31. The van der Waals surface area contributed by atoms with E-state index in [1.807, 2.05) is 0 Å². The summed E-state index contributed by atoms with van der Waals surface area (Å²) in [6, 6.07) is 13.8. The number of aliphatic hydroxyl groups is 1. The minimum absolute atomic E-state index is 0.110. The minimum atomic E-state index is -3.89. The summed E-state index contributed by atoms with van der Waals surface area (Å²) in [6.45, 7) is 2.24. The number of hydrogen-bond acceptors (Lipinski definition) is 7. The number of aryl methyl sites for hydroxylation is 1. The molecule has 5 aliphatic rings. The Morgan fingerprint density at radius 2 is 1.93 bits per heavy atom. The van der Waals surface area contributed by atoms with Gasteiger partial charge in [0.2, 0.25) is 10.0 Å². The first-order chi connectivity index (χ1) is 20.1. The highest BCUT2D eigenvalue weighted by molar-refractivity contribution is 7.90. The molecule has 1 amide bonds. The molecule has 4 bridgehead atoms. The van der Waals surface area contributed by atoms with E-state index in [2.05, 4.69) is 33.9 Å². The second-order valence-electron chi connectivity index (χ2n) is 13.2. The predicted molar refractivity (Wildman–Crippen MR) is 161 cm³/mol. The van der Waals surface area contributed by atoms with Crippen LogP contribution in [0.1, 0.15) is 72.9 Å². The highest BCUT2D eigenvalue weighted by atomic mass is 35.5. The number of anilines is 1. The number of fused-ring (bicyclic) bond motifs is 7. The monoisotopic (exact) mass is 614 g/mol. The first-order valence-corrected chi connectivity index (χ1v) is 17.3. The van der Waals surface area contributed by atoms with Crippen molar-refractivity contribution in [2.75, 3.05) is 37.0 Å². The van der Waals surface area contributed by atoms with Crippen molar-refractivity contribution in [1.29, 1.82) is 0 Å². The third-order valence-corrected chi connectivity index (χ3v) is 12.6. The molecule has 7 rings (SSSR count). The van der Waals surface area contributed by atoms with Crippen molar-refractivity contribution in [2.45, 2.75) is 79.8 Å². The van der Waals surface area contributed by atoms with Gasteiger partial charge in [-0.05, 0) is 86.6 Å². The molecule has 2 aromatic rings. The molecule has 0 aromatic heterocycles. The summed E-state index contributed by atoms with van der Waals surface area (Å²) in [5, 5.41) is 11.5. The van der Waals surface area contributed by atoms with Gasteiger partial charge in [0.25, 0.3) is 5.91 Å². The highest BCUT2D eigenvalue weighted by Crippen LogP contribution is 2.53. The Hall–Kier alpha value is -2.33. The largest absolute Gasteiger partial charge is 0.490 e. The van der Waals surface area contributed by atoms with Crippen molar-refractivity contribution in [2.24, 2.45) is 5.92 Å². The number of nitrogens with zero attached hydrogens (tertiary/aromatic N) is 1. The van der Waals surface area contributed by atoms with E-state index < -0.39 is 26.4 Å². The molecule has 5 atom stereocenters. The molecular weight excluding hydrogens is 576 g/mol. The summed E-state index contributed by atoms with van der Waals surface area (Å²) in [4.78, 5) is 14.9. The fourth-order valence-corrected chi connectivity index (χ4v) is 9.51. The van der Waals surface area contributed by atoms with E-state index in [0.717, 1.165) is 37.8 Å². The Balaban J connectivity index is 1.31. The van der Waals surface area contributed by atoms with Crippen LogP contribution in [0.4, 0.5) is 5.69 Å². The maximum atomic E-state index is 13.2. The SMILES string of the molecule is O=C1NS(=O)(=O)CCC[C@]2(O)CCO[C@@H](C2)[C@@]2(Cl)CC[C@@H]2CN2C[C@@]3(CCCc4ccccc43)COc3ccc1cc32. The normalized spacial score (nSPS) is 36.0. The first-order valence-electron chi connectivity index (χ1n) is 15.3. The van der Waals surface area contributed by atoms with E-state index in [4.69, 9.17) is 21.1 Å². The number of sulfonamides is 1. The van der Waals surface area contributed by atoms with Gasteiger partial charge in [0.1, 0.15) is 5.75 Å². The zero-order chi connectivity index (χ0) is 29.2. The molecule has 42 heavy (non-hydrogen) atoms. The number of halogens is 1. The molecule has 0 unspecified atom stereocenters. The molecule has 1 saturated heterocycles. The summed E-state index contributed by atoms with van der Waals surface area (Å²) in [5.41, 5.74) is 2.42. The molecule has 1 saturated carbocycles. The molecule has 226 valence electrons. The Bertz CT molecular complexity index is 1500. The Morgan fingerprint density at radius 1 is 1.07 bits per heavy atom. The summed E-state index contributed by atoms with van der Waals surface area (Å²) < 4.78 is 40.8. The molecule has 3 heterocycles. The molecule has 10 heteroatoms. The van der Waals surface area contributed by atoms with Gasteiger partial charge in [-0.1, -0.05) is 24.3 Å². The zero-order valence-electron chi connectivity index (χ0n) is 23.8. The lowest BCUT2D eigenvalue weighted by atomic mass is 9.65. The summed E-state index contributed by atoms with van der Waals surface area (Å²) in [6.07, 6.45) is 5.86. The molecule has 2 N–H and O–H groups in total. The number of rotatable bonds is 0. The van der Waals surface area contributed by atoms with Crippen LogP contribution in [0.2, 0.25) is 0 Å². The van der Waals surface area contributed by atoms with Crippen LogP contribution in [0, 0.1) is 5.92 Å². The van der Waals surface area contributed by atoms with Crippen LogP contribution in [0.25, 0.3) is 0 Å². The van der Waals surface area contributed by atoms with Crippen molar-refractivity contribution < 1.29 is 27.8 Å². The van der Waals surface area contributed by atoms with Crippen molar-refractivity contribution in [3.8, 4) is 5.75 Å². The van der Waals surface area contributed by atoms with E-state index in [9.17, 15) is 18.3 Å². The molecule has 1 spiro atoms. The van der Waals surface area contributed by atoms with Crippen LogP contribution in [0.3, 0.4) is 0 Å².